The molecule has 1 aliphatic rings. The Morgan fingerprint density at radius 3 is 2.43 bits per heavy atom. The van der Waals surface area contributed by atoms with Crippen LogP contribution in [0.2, 0.25) is 0 Å². The molecular weight excluding hydrogens is 582 g/mol. The molecule has 2 amide bonds. The van der Waals surface area contributed by atoms with Gasteiger partial charge >= 0.3 is 0 Å². The summed E-state index contributed by atoms with van der Waals surface area (Å²) in [6.07, 6.45) is 1.98. The molecular formula is C32H35N5O6S. The number of hydrogen-bond donors (Lipinski definition) is 5. The van der Waals surface area contributed by atoms with Crippen LogP contribution in [-0.2, 0) is 32.2 Å². The first-order valence-electron chi connectivity index (χ1n) is 14.4. The molecule has 3 unspecified atom stereocenters. The molecule has 1 fully saturated rings. The van der Waals surface area contributed by atoms with E-state index in [1.54, 1.807) is 17.2 Å². The molecule has 12 heteroatoms. The molecule has 11 nitrogen and oxygen atoms in total. The molecule has 0 saturated carbocycles. The topological polar surface area (TPSA) is 159 Å². The first-order chi connectivity index (χ1) is 21.5. The predicted octanol–water partition coefficient (Wildman–Crippen LogP) is 4.59. The van der Waals surface area contributed by atoms with Crippen LogP contribution in [0.5, 0.6) is 0 Å². The number of amides is 2. The number of thioether (sulfide) groups is 1. The van der Waals surface area contributed by atoms with Crippen LogP contribution in [0.25, 0.3) is 11.1 Å². The second-order valence-corrected chi connectivity index (χ2v) is 11.4. The van der Waals surface area contributed by atoms with Gasteiger partial charge in [0.25, 0.3) is 0 Å². The fraction of sp³-hybridized carbons (Fsp3) is 0.312. The molecule has 0 spiro atoms. The summed E-state index contributed by atoms with van der Waals surface area (Å²) in [7, 11) is 0. The summed E-state index contributed by atoms with van der Waals surface area (Å²) in [5, 5.41) is 28.4. The van der Waals surface area contributed by atoms with Crippen LogP contribution in [0.1, 0.15) is 60.3 Å². The van der Waals surface area contributed by atoms with Crippen LogP contribution in [0.15, 0.2) is 84.3 Å². The maximum absolute atomic E-state index is 12.1. The molecule has 3 atom stereocenters. The van der Waals surface area contributed by atoms with Gasteiger partial charge in [-0.25, -0.2) is 10.5 Å². The lowest BCUT2D eigenvalue weighted by Crippen LogP contribution is -2.31. The zero-order valence-electron chi connectivity index (χ0n) is 24.0. The summed E-state index contributed by atoms with van der Waals surface area (Å²) in [5.41, 5.74) is 7.32. The standard InChI is InChI=1S/C32H35N5O6S/c38-18-21-7-9-24(10-8-21)28-16-27(19-44-32-34-20-35-36-32)42-31(43-28)25-13-11-23(12-14-25)26-4-1-3-22(15-26)17-33-29(39)5-2-6-30(40)37-41/h1,3-4,7-15,20,27-28,31,38,41H,2,5-6,16-19H2,(H,33,39)(H,37,40)(H,34,35,36). The third kappa shape index (κ3) is 8.74. The molecule has 3 aromatic carbocycles. The predicted molar refractivity (Wildman–Crippen MR) is 163 cm³/mol. The maximum atomic E-state index is 12.1. The molecule has 0 radical (unpaired) electrons. The molecule has 230 valence electrons. The van der Waals surface area contributed by atoms with Gasteiger partial charge in [-0.15, -0.1) is 0 Å². The number of hydrogen-bond acceptors (Lipinski definition) is 9. The summed E-state index contributed by atoms with van der Waals surface area (Å²) >= 11 is 1.55. The second-order valence-electron chi connectivity index (χ2n) is 10.4. The Morgan fingerprint density at radius 2 is 1.70 bits per heavy atom. The van der Waals surface area contributed by atoms with Crippen molar-refractivity contribution in [1.29, 1.82) is 0 Å². The number of aromatic amines is 1. The minimum absolute atomic E-state index is 0.00866. The first-order valence-corrected chi connectivity index (χ1v) is 15.4. The number of aliphatic hydroxyl groups is 1. The summed E-state index contributed by atoms with van der Waals surface area (Å²) in [6.45, 7) is 0.361. The zero-order chi connectivity index (χ0) is 30.7. The van der Waals surface area contributed by atoms with Crippen LogP contribution in [-0.4, -0.2) is 49.2 Å². The van der Waals surface area contributed by atoms with Crippen molar-refractivity contribution >= 4 is 23.6 Å². The fourth-order valence-electron chi connectivity index (χ4n) is 4.91. The number of nitrogens with one attached hydrogen (secondary N) is 3. The van der Waals surface area contributed by atoms with Crippen molar-refractivity contribution in [3.8, 4) is 11.1 Å². The lowest BCUT2D eigenvalue weighted by Gasteiger charge is -2.36. The molecule has 5 rings (SSSR count). The smallest absolute Gasteiger partial charge is 0.243 e. The van der Waals surface area contributed by atoms with Gasteiger partial charge in [0.05, 0.1) is 18.8 Å². The monoisotopic (exact) mass is 617 g/mol. The molecule has 0 bridgehead atoms. The maximum Gasteiger partial charge on any atom is 0.243 e. The van der Waals surface area contributed by atoms with Gasteiger partial charge in [0.1, 0.15) is 6.33 Å². The van der Waals surface area contributed by atoms with Gasteiger partial charge in [-0.1, -0.05) is 78.5 Å². The van der Waals surface area contributed by atoms with E-state index in [1.807, 2.05) is 72.8 Å². The average Bonchev–Trinajstić information content (AvgIpc) is 3.60. The molecule has 1 aliphatic heterocycles. The minimum atomic E-state index is -0.564. The van der Waals surface area contributed by atoms with E-state index in [2.05, 4.69) is 20.5 Å². The number of hydroxylamine groups is 1. The van der Waals surface area contributed by atoms with Crippen molar-refractivity contribution in [2.45, 2.75) is 62.5 Å². The van der Waals surface area contributed by atoms with Crippen molar-refractivity contribution in [1.82, 2.24) is 26.0 Å². The van der Waals surface area contributed by atoms with Gasteiger partial charge in [-0.3, -0.25) is 19.9 Å². The van der Waals surface area contributed by atoms with Crippen molar-refractivity contribution < 1.29 is 29.4 Å². The lowest BCUT2D eigenvalue weighted by molar-refractivity contribution is -0.245. The Bertz CT molecular complexity index is 1500. The number of H-pyrrole nitrogens is 1. The van der Waals surface area contributed by atoms with Crippen LogP contribution >= 0.6 is 11.8 Å². The van der Waals surface area contributed by atoms with Crippen LogP contribution < -0.4 is 10.8 Å². The number of benzene rings is 3. The largest absolute Gasteiger partial charge is 0.392 e. The Hall–Kier alpha value is -4.07. The van der Waals surface area contributed by atoms with Crippen molar-refractivity contribution in [3.05, 3.63) is 101 Å². The molecule has 1 saturated heterocycles. The quantitative estimate of drug-likeness (QED) is 0.0822. The fourth-order valence-corrected chi connectivity index (χ4v) is 5.70. The normalized spacial score (nSPS) is 18.1. The highest BCUT2D eigenvalue weighted by Crippen LogP contribution is 2.39. The molecule has 44 heavy (non-hydrogen) atoms. The summed E-state index contributed by atoms with van der Waals surface area (Å²) < 4.78 is 12.9. The van der Waals surface area contributed by atoms with Gasteiger partial charge in [-0.05, 0) is 40.3 Å². The summed E-state index contributed by atoms with van der Waals surface area (Å²) in [6, 6.07) is 23.8. The van der Waals surface area contributed by atoms with Gasteiger partial charge < -0.3 is 19.9 Å². The van der Waals surface area contributed by atoms with Crippen LogP contribution in [0.4, 0.5) is 0 Å². The number of carbonyl (C=O) groups is 2. The van der Waals surface area contributed by atoms with Crippen molar-refractivity contribution in [2.24, 2.45) is 0 Å². The Morgan fingerprint density at radius 1 is 0.932 bits per heavy atom. The van der Waals surface area contributed by atoms with Crippen LogP contribution in [0.3, 0.4) is 0 Å². The van der Waals surface area contributed by atoms with Gasteiger partial charge in [0.2, 0.25) is 11.8 Å². The van der Waals surface area contributed by atoms with E-state index in [0.29, 0.717) is 25.1 Å². The number of ether oxygens (including phenoxy) is 2. The number of carbonyl (C=O) groups excluding carboxylic acids is 2. The first kappa shape index (κ1) is 31.4. The molecule has 4 aromatic rings. The van der Waals surface area contributed by atoms with E-state index < -0.39 is 12.2 Å². The summed E-state index contributed by atoms with van der Waals surface area (Å²) in [5.74, 6) is 0.0194. The number of aromatic nitrogens is 3. The molecule has 2 heterocycles. The summed E-state index contributed by atoms with van der Waals surface area (Å²) in [4.78, 5) is 27.5. The van der Waals surface area contributed by atoms with Gasteiger partial charge in [-0.2, -0.15) is 5.10 Å². The average molecular weight is 618 g/mol. The van der Waals surface area contributed by atoms with E-state index in [1.165, 1.54) is 6.33 Å². The second kappa shape index (κ2) is 15.6. The SMILES string of the molecule is O=C(CCCC(=O)NCc1cccc(-c2ccc(C3OC(CSc4ncn[nH]4)CC(c4ccc(CO)cc4)O3)cc2)c1)NO. The van der Waals surface area contributed by atoms with E-state index in [0.717, 1.165) is 38.5 Å². The number of rotatable bonds is 13. The highest BCUT2D eigenvalue weighted by molar-refractivity contribution is 7.99. The minimum Gasteiger partial charge on any atom is -0.392 e. The van der Waals surface area contributed by atoms with E-state index in [4.69, 9.17) is 14.7 Å². The molecule has 5 N–H and O–H groups in total. The zero-order valence-corrected chi connectivity index (χ0v) is 24.8. The van der Waals surface area contributed by atoms with E-state index >= 15 is 0 Å². The Kier molecular flexibility index (Phi) is 11.1. The number of nitrogens with zero attached hydrogens (tertiary/aromatic N) is 2. The van der Waals surface area contributed by atoms with Crippen molar-refractivity contribution in [3.63, 3.8) is 0 Å². The van der Waals surface area contributed by atoms with E-state index in [9.17, 15) is 14.7 Å². The third-order valence-electron chi connectivity index (χ3n) is 7.28. The van der Waals surface area contributed by atoms with Crippen LogP contribution in [0, 0.1) is 0 Å². The van der Waals surface area contributed by atoms with Gasteiger partial charge in [0.15, 0.2) is 11.4 Å². The van der Waals surface area contributed by atoms with E-state index in [-0.39, 0.29) is 37.6 Å². The third-order valence-corrected chi connectivity index (χ3v) is 8.29. The van der Waals surface area contributed by atoms with Crippen molar-refractivity contribution in [2.75, 3.05) is 5.75 Å². The Balaban J connectivity index is 1.24. The Labute approximate surface area is 259 Å². The lowest BCUT2D eigenvalue weighted by atomic mass is 9.99. The highest BCUT2D eigenvalue weighted by Gasteiger charge is 2.32. The highest BCUT2D eigenvalue weighted by atomic mass is 32.2. The number of aliphatic hydroxyl groups excluding tert-OH is 1. The van der Waals surface area contributed by atoms with Gasteiger partial charge in [0, 0.05) is 37.1 Å². The molecule has 0 aliphatic carbocycles. The molecule has 1 aromatic heterocycles.